The predicted octanol–water partition coefficient (Wildman–Crippen LogP) is 1.63. The van der Waals surface area contributed by atoms with Crippen LogP contribution in [0, 0.1) is 6.92 Å². The Hall–Kier alpha value is -1.29. The maximum absolute atomic E-state index is 11.9. The molecule has 94 valence electrons. The first-order chi connectivity index (χ1) is 8.20. The van der Waals surface area contributed by atoms with Crippen LogP contribution in [0.2, 0.25) is 0 Å². The Morgan fingerprint density at radius 3 is 3.06 bits per heavy atom. The molecule has 1 amide bonds. The molecular formula is C13H20N2O2. The van der Waals surface area contributed by atoms with Gasteiger partial charge < -0.3 is 15.1 Å². The number of furan rings is 1. The molecule has 1 aromatic heterocycles. The summed E-state index contributed by atoms with van der Waals surface area (Å²) in [6.07, 6.45) is 3.15. The third-order valence-electron chi connectivity index (χ3n) is 3.24. The molecule has 17 heavy (non-hydrogen) atoms. The van der Waals surface area contributed by atoms with E-state index >= 15 is 0 Å². The molecular weight excluding hydrogens is 216 g/mol. The van der Waals surface area contributed by atoms with Crippen LogP contribution in [0.15, 0.2) is 10.5 Å². The van der Waals surface area contributed by atoms with Crippen molar-refractivity contribution >= 4 is 5.91 Å². The first-order valence-electron chi connectivity index (χ1n) is 6.31. The van der Waals surface area contributed by atoms with E-state index in [4.69, 9.17) is 4.42 Å². The van der Waals surface area contributed by atoms with Crippen molar-refractivity contribution in [2.75, 3.05) is 13.1 Å². The van der Waals surface area contributed by atoms with Gasteiger partial charge in [0.15, 0.2) is 5.76 Å². The molecule has 0 saturated carbocycles. The van der Waals surface area contributed by atoms with E-state index in [-0.39, 0.29) is 5.91 Å². The van der Waals surface area contributed by atoms with Crippen molar-refractivity contribution in [3.05, 3.63) is 23.2 Å². The SMILES string of the molecule is CCc1oc(C(=O)NCC2CCCN2)cc1C. The summed E-state index contributed by atoms with van der Waals surface area (Å²) in [7, 11) is 0. The number of amides is 1. The number of carbonyl (C=O) groups excluding carboxylic acids is 1. The molecule has 0 bridgehead atoms. The highest BCUT2D eigenvalue weighted by molar-refractivity contribution is 5.91. The second kappa shape index (κ2) is 5.36. The Bertz CT molecular complexity index is 392. The van der Waals surface area contributed by atoms with Crippen LogP contribution >= 0.6 is 0 Å². The fraction of sp³-hybridized carbons (Fsp3) is 0.615. The number of hydrogen-bond donors (Lipinski definition) is 2. The summed E-state index contributed by atoms with van der Waals surface area (Å²) in [5.74, 6) is 1.22. The molecule has 1 aromatic rings. The standard InChI is InChI=1S/C13H20N2O2/c1-3-11-9(2)7-12(17-11)13(16)15-8-10-5-4-6-14-10/h7,10,14H,3-6,8H2,1-2H3,(H,15,16). The lowest BCUT2D eigenvalue weighted by Crippen LogP contribution is -2.37. The van der Waals surface area contributed by atoms with Gasteiger partial charge in [0.2, 0.25) is 0 Å². The van der Waals surface area contributed by atoms with Gasteiger partial charge in [-0.2, -0.15) is 0 Å². The Kier molecular flexibility index (Phi) is 3.84. The number of nitrogens with one attached hydrogen (secondary N) is 2. The molecule has 1 saturated heterocycles. The van der Waals surface area contributed by atoms with Crippen molar-refractivity contribution in [3.8, 4) is 0 Å². The summed E-state index contributed by atoms with van der Waals surface area (Å²) in [5, 5.41) is 6.26. The van der Waals surface area contributed by atoms with Crippen molar-refractivity contribution < 1.29 is 9.21 Å². The number of aryl methyl sites for hydroxylation is 2. The number of rotatable bonds is 4. The Labute approximate surface area is 102 Å². The third-order valence-corrected chi connectivity index (χ3v) is 3.24. The average Bonchev–Trinajstić information content (AvgIpc) is 2.94. The van der Waals surface area contributed by atoms with Crippen LogP contribution in [-0.4, -0.2) is 25.0 Å². The van der Waals surface area contributed by atoms with E-state index < -0.39 is 0 Å². The molecule has 4 heteroatoms. The molecule has 1 aliphatic heterocycles. The van der Waals surface area contributed by atoms with Crippen LogP contribution < -0.4 is 10.6 Å². The van der Waals surface area contributed by atoms with Crippen molar-refractivity contribution in [2.24, 2.45) is 0 Å². The second-order valence-corrected chi connectivity index (χ2v) is 4.57. The van der Waals surface area contributed by atoms with Crippen LogP contribution in [0.4, 0.5) is 0 Å². The summed E-state index contributed by atoms with van der Waals surface area (Å²) in [6, 6.07) is 2.23. The Morgan fingerprint density at radius 2 is 2.47 bits per heavy atom. The van der Waals surface area contributed by atoms with Crippen molar-refractivity contribution in [2.45, 2.75) is 39.2 Å². The lowest BCUT2D eigenvalue weighted by molar-refractivity contribution is 0.0921. The summed E-state index contributed by atoms with van der Waals surface area (Å²) in [4.78, 5) is 11.9. The van der Waals surface area contributed by atoms with E-state index in [2.05, 4.69) is 10.6 Å². The van der Waals surface area contributed by atoms with Crippen LogP contribution in [-0.2, 0) is 6.42 Å². The maximum Gasteiger partial charge on any atom is 0.287 e. The zero-order chi connectivity index (χ0) is 12.3. The highest BCUT2D eigenvalue weighted by Crippen LogP contribution is 2.15. The van der Waals surface area contributed by atoms with Crippen LogP contribution in [0.1, 0.15) is 41.6 Å². The Balaban J connectivity index is 1.89. The van der Waals surface area contributed by atoms with Gasteiger partial charge >= 0.3 is 0 Å². The van der Waals surface area contributed by atoms with Crippen molar-refractivity contribution in [3.63, 3.8) is 0 Å². The highest BCUT2D eigenvalue weighted by Gasteiger charge is 2.17. The fourth-order valence-electron chi connectivity index (χ4n) is 2.22. The molecule has 2 rings (SSSR count). The number of carbonyl (C=O) groups is 1. The summed E-state index contributed by atoms with van der Waals surface area (Å²) in [6.45, 7) is 5.73. The normalized spacial score (nSPS) is 19.5. The third kappa shape index (κ3) is 2.88. The summed E-state index contributed by atoms with van der Waals surface area (Å²) >= 11 is 0. The van der Waals surface area contributed by atoms with Gasteiger partial charge in [0.25, 0.3) is 5.91 Å². The van der Waals surface area contributed by atoms with Gasteiger partial charge in [0.05, 0.1) is 0 Å². The zero-order valence-corrected chi connectivity index (χ0v) is 10.5. The summed E-state index contributed by atoms with van der Waals surface area (Å²) < 4.78 is 5.51. The molecule has 0 aliphatic carbocycles. The molecule has 1 atom stereocenters. The molecule has 1 fully saturated rings. The molecule has 0 spiro atoms. The van der Waals surface area contributed by atoms with E-state index in [1.165, 1.54) is 6.42 Å². The Morgan fingerprint density at radius 1 is 1.65 bits per heavy atom. The lowest BCUT2D eigenvalue weighted by atomic mass is 10.2. The molecule has 2 N–H and O–H groups in total. The minimum atomic E-state index is -0.110. The predicted molar refractivity (Wildman–Crippen MR) is 66.2 cm³/mol. The molecule has 0 aromatic carbocycles. The van der Waals surface area contributed by atoms with Gasteiger partial charge in [-0.1, -0.05) is 6.92 Å². The van der Waals surface area contributed by atoms with Gasteiger partial charge in [-0.05, 0) is 37.9 Å². The zero-order valence-electron chi connectivity index (χ0n) is 10.5. The quantitative estimate of drug-likeness (QED) is 0.835. The van der Waals surface area contributed by atoms with Gasteiger partial charge in [-0.15, -0.1) is 0 Å². The minimum absolute atomic E-state index is 0.110. The van der Waals surface area contributed by atoms with Crippen molar-refractivity contribution in [1.29, 1.82) is 0 Å². The monoisotopic (exact) mass is 236 g/mol. The topological polar surface area (TPSA) is 54.3 Å². The van der Waals surface area contributed by atoms with Gasteiger partial charge in [-0.25, -0.2) is 0 Å². The average molecular weight is 236 g/mol. The van der Waals surface area contributed by atoms with Gasteiger partial charge in [-0.3, -0.25) is 4.79 Å². The van der Waals surface area contributed by atoms with E-state index in [0.29, 0.717) is 18.3 Å². The maximum atomic E-state index is 11.9. The molecule has 2 heterocycles. The van der Waals surface area contributed by atoms with Gasteiger partial charge in [0.1, 0.15) is 5.76 Å². The molecule has 4 nitrogen and oxygen atoms in total. The second-order valence-electron chi connectivity index (χ2n) is 4.57. The smallest absolute Gasteiger partial charge is 0.287 e. The molecule has 0 radical (unpaired) electrons. The van der Waals surface area contributed by atoms with Crippen LogP contribution in [0.3, 0.4) is 0 Å². The lowest BCUT2D eigenvalue weighted by Gasteiger charge is -2.10. The van der Waals surface area contributed by atoms with Crippen LogP contribution in [0.5, 0.6) is 0 Å². The number of hydrogen-bond acceptors (Lipinski definition) is 3. The molecule has 1 unspecified atom stereocenters. The highest BCUT2D eigenvalue weighted by atomic mass is 16.4. The fourth-order valence-corrected chi connectivity index (χ4v) is 2.22. The largest absolute Gasteiger partial charge is 0.456 e. The first kappa shape index (κ1) is 12.2. The first-order valence-corrected chi connectivity index (χ1v) is 6.31. The van der Waals surface area contributed by atoms with E-state index in [9.17, 15) is 4.79 Å². The minimum Gasteiger partial charge on any atom is -0.456 e. The van der Waals surface area contributed by atoms with Crippen molar-refractivity contribution in [1.82, 2.24) is 10.6 Å². The van der Waals surface area contributed by atoms with E-state index in [1.54, 1.807) is 0 Å². The van der Waals surface area contributed by atoms with Crippen LogP contribution in [0.25, 0.3) is 0 Å². The summed E-state index contributed by atoms with van der Waals surface area (Å²) in [5.41, 5.74) is 1.05. The van der Waals surface area contributed by atoms with E-state index in [1.807, 2.05) is 19.9 Å². The van der Waals surface area contributed by atoms with E-state index in [0.717, 1.165) is 30.7 Å². The molecule has 1 aliphatic rings. The van der Waals surface area contributed by atoms with Gasteiger partial charge in [0, 0.05) is 19.0 Å².